The summed E-state index contributed by atoms with van der Waals surface area (Å²) >= 11 is 0. The number of amides is 1. The Morgan fingerprint density at radius 1 is 1.21 bits per heavy atom. The van der Waals surface area contributed by atoms with Crippen LogP contribution in [0.4, 0.5) is 4.39 Å². The van der Waals surface area contributed by atoms with Gasteiger partial charge < -0.3 is 9.42 Å². The van der Waals surface area contributed by atoms with Crippen molar-refractivity contribution < 1.29 is 13.7 Å². The highest BCUT2D eigenvalue weighted by molar-refractivity contribution is 5.79. The van der Waals surface area contributed by atoms with E-state index in [2.05, 4.69) is 15.2 Å². The van der Waals surface area contributed by atoms with Gasteiger partial charge in [-0.2, -0.15) is 10.1 Å². The zero-order valence-electron chi connectivity index (χ0n) is 16.3. The van der Waals surface area contributed by atoms with E-state index in [0.717, 1.165) is 43.4 Å². The molecule has 1 saturated carbocycles. The van der Waals surface area contributed by atoms with Gasteiger partial charge in [0.1, 0.15) is 5.82 Å². The van der Waals surface area contributed by atoms with Crippen LogP contribution in [-0.4, -0.2) is 37.3 Å². The summed E-state index contributed by atoms with van der Waals surface area (Å²) in [6, 6.07) is 5.95. The second-order valence-corrected chi connectivity index (χ2v) is 7.82. The van der Waals surface area contributed by atoms with Gasteiger partial charge in [0.15, 0.2) is 5.69 Å². The largest absolute Gasteiger partial charge is 0.338 e. The minimum absolute atomic E-state index is 0.158. The van der Waals surface area contributed by atoms with Crippen LogP contribution in [0.15, 0.2) is 28.8 Å². The molecule has 8 heteroatoms. The number of hydrogen-bond donors (Lipinski definition) is 0. The summed E-state index contributed by atoms with van der Waals surface area (Å²) in [5.74, 6) is 0.791. The molecule has 1 amide bonds. The summed E-state index contributed by atoms with van der Waals surface area (Å²) in [7, 11) is 1.90. The molecule has 1 aromatic carbocycles. The fourth-order valence-corrected chi connectivity index (χ4v) is 4.42. The lowest BCUT2D eigenvalue weighted by Gasteiger charge is -2.29. The molecule has 1 fully saturated rings. The Hall–Kier alpha value is -3.03. The number of hydrogen-bond acceptors (Lipinski definition) is 5. The van der Waals surface area contributed by atoms with Gasteiger partial charge in [-0.3, -0.25) is 9.48 Å². The Balaban J connectivity index is 1.44. The van der Waals surface area contributed by atoms with E-state index in [4.69, 9.17) is 4.52 Å². The fraction of sp³-hybridized carbons (Fsp3) is 0.429. The van der Waals surface area contributed by atoms with E-state index in [-0.39, 0.29) is 17.6 Å². The molecule has 0 atom stereocenters. The number of aromatic nitrogens is 4. The Kier molecular flexibility index (Phi) is 4.41. The van der Waals surface area contributed by atoms with Crippen LogP contribution in [-0.2, 0) is 24.8 Å². The molecule has 0 saturated heterocycles. The van der Waals surface area contributed by atoms with Crippen molar-refractivity contribution in [1.82, 2.24) is 24.8 Å². The van der Waals surface area contributed by atoms with E-state index < -0.39 is 0 Å². The lowest BCUT2D eigenvalue weighted by molar-refractivity contribution is -0.136. The molecule has 2 aromatic heterocycles. The van der Waals surface area contributed by atoms with E-state index in [1.807, 2.05) is 16.6 Å². The maximum absolute atomic E-state index is 13.2. The summed E-state index contributed by atoms with van der Waals surface area (Å²) in [4.78, 5) is 19.3. The van der Waals surface area contributed by atoms with E-state index in [1.54, 1.807) is 12.1 Å². The minimum atomic E-state index is -0.316. The standard InChI is InChI=1S/C21H22FN5O2/c1-26-17-10-11-27(21(28)14-4-2-3-5-14)12-16(17)18(24-26)20-23-19(25-29-20)13-6-8-15(22)9-7-13/h6-9,14H,2-5,10-12H2,1H3. The zero-order valence-corrected chi connectivity index (χ0v) is 16.3. The topological polar surface area (TPSA) is 77.1 Å². The molecule has 3 heterocycles. The molecule has 0 bridgehead atoms. The van der Waals surface area contributed by atoms with Gasteiger partial charge in [-0.1, -0.05) is 18.0 Å². The summed E-state index contributed by atoms with van der Waals surface area (Å²) in [6.45, 7) is 1.23. The molecule has 0 radical (unpaired) electrons. The first-order chi connectivity index (χ1) is 14.1. The summed E-state index contributed by atoms with van der Waals surface area (Å²) in [5.41, 5.74) is 3.35. The number of carbonyl (C=O) groups is 1. The Morgan fingerprint density at radius 2 is 1.97 bits per heavy atom. The minimum Gasteiger partial charge on any atom is -0.338 e. The van der Waals surface area contributed by atoms with Crippen molar-refractivity contribution in [2.24, 2.45) is 13.0 Å². The average molecular weight is 395 g/mol. The number of nitrogens with zero attached hydrogens (tertiary/aromatic N) is 5. The number of halogens is 1. The highest BCUT2D eigenvalue weighted by atomic mass is 19.1. The van der Waals surface area contributed by atoms with Crippen LogP contribution in [0.1, 0.15) is 36.9 Å². The van der Waals surface area contributed by atoms with Crippen LogP contribution in [0.3, 0.4) is 0 Å². The van der Waals surface area contributed by atoms with Crippen molar-refractivity contribution >= 4 is 5.91 Å². The van der Waals surface area contributed by atoms with Crippen molar-refractivity contribution in [3.05, 3.63) is 41.3 Å². The molecule has 7 nitrogen and oxygen atoms in total. The van der Waals surface area contributed by atoms with Crippen LogP contribution in [0.25, 0.3) is 23.0 Å². The average Bonchev–Trinajstić information content (AvgIpc) is 3.48. The lowest BCUT2D eigenvalue weighted by Crippen LogP contribution is -2.39. The molecule has 3 aromatic rings. The van der Waals surface area contributed by atoms with Crippen molar-refractivity contribution in [2.45, 2.75) is 38.6 Å². The van der Waals surface area contributed by atoms with E-state index in [9.17, 15) is 9.18 Å². The molecule has 150 valence electrons. The van der Waals surface area contributed by atoms with Crippen molar-refractivity contribution in [2.75, 3.05) is 6.54 Å². The molecule has 29 heavy (non-hydrogen) atoms. The first-order valence-electron chi connectivity index (χ1n) is 10.0. The SMILES string of the molecule is Cn1nc(-c2nc(-c3ccc(F)cc3)no2)c2c1CCN(C(=O)C1CCCC1)C2. The maximum Gasteiger partial charge on any atom is 0.279 e. The number of benzene rings is 1. The van der Waals surface area contributed by atoms with Gasteiger partial charge in [0.05, 0.1) is 0 Å². The molecular formula is C21H22FN5O2. The summed E-state index contributed by atoms with van der Waals surface area (Å²) < 4.78 is 20.5. The zero-order chi connectivity index (χ0) is 20.0. The third-order valence-corrected chi connectivity index (χ3v) is 5.99. The third kappa shape index (κ3) is 3.22. The van der Waals surface area contributed by atoms with Gasteiger partial charge in [0, 0.05) is 49.3 Å². The van der Waals surface area contributed by atoms with E-state index in [1.165, 1.54) is 12.1 Å². The molecule has 2 aliphatic rings. The number of fused-ring (bicyclic) bond motifs is 1. The molecule has 0 N–H and O–H groups in total. The van der Waals surface area contributed by atoms with Crippen LogP contribution in [0, 0.1) is 11.7 Å². The Labute approximate surface area is 167 Å². The smallest absolute Gasteiger partial charge is 0.279 e. The number of aryl methyl sites for hydroxylation is 1. The summed E-state index contributed by atoms with van der Waals surface area (Å²) in [5, 5.41) is 8.63. The van der Waals surface area contributed by atoms with Crippen LogP contribution in [0.2, 0.25) is 0 Å². The Morgan fingerprint density at radius 3 is 2.72 bits per heavy atom. The fourth-order valence-electron chi connectivity index (χ4n) is 4.42. The predicted molar refractivity (Wildman–Crippen MR) is 103 cm³/mol. The van der Waals surface area contributed by atoms with Crippen LogP contribution >= 0.6 is 0 Å². The third-order valence-electron chi connectivity index (χ3n) is 5.99. The first kappa shape index (κ1) is 18.0. The lowest BCUT2D eigenvalue weighted by atomic mass is 10.0. The van der Waals surface area contributed by atoms with Gasteiger partial charge >= 0.3 is 0 Å². The molecular weight excluding hydrogens is 373 g/mol. The second kappa shape index (κ2) is 7.09. The number of rotatable bonds is 3. The quantitative estimate of drug-likeness (QED) is 0.680. The van der Waals surface area contributed by atoms with Crippen LogP contribution < -0.4 is 0 Å². The van der Waals surface area contributed by atoms with Gasteiger partial charge in [0.2, 0.25) is 11.7 Å². The number of carbonyl (C=O) groups excluding carboxylic acids is 1. The van der Waals surface area contributed by atoms with E-state index in [0.29, 0.717) is 36.1 Å². The monoisotopic (exact) mass is 395 g/mol. The molecule has 5 rings (SSSR count). The highest BCUT2D eigenvalue weighted by Gasteiger charge is 2.33. The summed E-state index contributed by atoms with van der Waals surface area (Å²) in [6.07, 6.45) is 5.03. The van der Waals surface area contributed by atoms with Gasteiger partial charge in [-0.25, -0.2) is 4.39 Å². The molecule has 0 unspecified atom stereocenters. The predicted octanol–water partition coefficient (Wildman–Crippen LogP) is 3.35. The maximum atomic E-state index is 13.2. The van der Waals surface area contributed by atoms with E-state index >= 15 is 0 Å². The highest BCUT2D eigenvalue weighted by Crippen LogP contribution is 2.33. The first-order valence-corrected chi connectivity index (χ1v) is 10.0. The van der Waals surface area contributed by atoms with Gasteiger partial charge in [-0.15, -0.1) is 0 Å². The second-order valence-electron chi connectivity index (χ2n) is 7.82. The normalized spacial score (nSPS) is 17.0. The molecule has 1 aliphatic heterocycles. The van der Waals surface area contributed by atoms with Crippen molar-refractivity contribution in [3.8, 4) is 23.0 Å². The molecule has 1 aliphatic carbocycles. The Bertz CT molecular complexity index is 1050. The van der Waals surface area contributed by atoms with Crippen LogP contribution in [0.5, 0.6) is 0 Å². The van der Waals surface area contributed by atoms with Crippen molar-refractivity contribution in [3.63, 3.8) is 0 Å². The van der Waals surface area contributed by atoms with Crippen molar-refractivity contribution in [1.29, 1.82) is 0 Å². The van der Waals surface area contributed by atoms with Gasteiger partial charge in [0.25, 0.3) is 5.89 Å². The molecule has 0 spiro atoms. The van der Waals surface area contributed by atoms with Gasteiger partial charge in [-0.05, 0) is 37.1 Å².